The maximum Gasteiger partial charge on any atom is 0.315 e. The lowest BCUT2D eigenvalue weighted by Gasteiger charge is -2.12. The van der Waals surface area contributed by atoms with Gasteiger partial charge in [-0.3, -0.25) is 4.79 Å². The highest BCUT2D eigenvalue weighted by atomic mass is 16.2. The maximum atomic E-state index is 11.0. The van der Waals surface area contributed by atoms with Crippen molar-refractivity contribution in [3.05, 3.63) is 0 Å². The smallest absolute Gasteiger partial charge is 0.315 e. The molecule has 5 nitrogen and oxygen atoms in total. The highest BCUT2D eigenvalue weighted by molar-refractivity contribution is 5.86. The maximum absolute atomic E-state index is 11.0. The van der Waals surface area contributed by atoms with Crippen molar-refractivity contribution in [2.45, 2.75) is 19.9 Å². The zero-order valence-electron chi connectivity index (χ0n) is 7.60. The third-order valence-electron chi connectivity index (χ3n) is 1.32. The number of rotatable bonds is 3. The molecule has 3 amide bonds. The minimum Gasteiger partial charge on any atom is -0.355 e. The van der Waals surface area contributed by atoms with E-state index in [1.165, 1.54) is 7.05 Å². The van der Waals surface area contributed by atoms with E-state index in [0.717, 1.165) is 0 Å². The van der Waals surface area contributed by atoms with Crippen molar-refractivity contribution in [3.8, 4) is 0 Å². The van der Waals surface area contributed by atoms with E-state index >= 15 is 0 Å². The van der Waals surface area contributed by atoms with Gasteiger partial charge in [0.05, 0.1) is 0 Å². The molecule has 0 saturated heterocycles. The molecule has 0 spiro atoms. The molecule has 1 unspecified atom stereocenters. The SMILES string of the molecule is CCNC(=O)C(C)NC(=O)NC. The van der Waals surface area contributed by atoms with Crippen molar-refractivity contribution in [1.29, 1.82) is 0 Å². The van der Waals surface area contributed by atoms with E-state index < -0.39 is 6.04 Å². The average Bonchev–Trinajstić information content (AvgIpc) is 2.04. The summed E-state index contributed by atoms with van der Waals surface area (Å²) in [5.41, 5.74) is 0. The molecule has 3 N–H and O–H groups in total. The largest absolute Gasteiger partial charge is 0.355 e. The number of amides is 3. The number of urea groups is 1. The first-order chi connectivity index (χ1) is 5.61. The first kappa shape index (κ1) is 10.7. The van der Waals surface area contributed by atoms with E-state index in [1.807, 2.05) is 6.92 Å². The summed E-state index contributed by atoms with van der Waals surface area (Å²) >= 11 is 0. The van der Waals surface area contributed by atoms with Gasteiger partial charge in [-0.05, 0) is 13.8 Å². The van der Waals surface area contributed by atoms with Crippen LogP contribution in [0.15, 0.2) is 0 Å². The Balaban J connectivity index is 3.78. The lowest BCUT2D eigenvalue weighted by Crippen LogP contribution is -2.47. The molecular weight excluding hydrogens is 158 g/mol. The Bertz CT molecular complexity index is 170. The van der Waals surface area contributed by atoms with Gasteiger partial charge in [-0.25, -0.2) is 4.79 Å². The zero-order chi connectivity index (χ0) is 9.56. The lowest BCUT2D eigenvalue weighted by molar-refractivity contribution is -0.122. The Morgan fingerprint density at radius 3 is 2.42 bits per heavy atom. The zero-order valence-corrected chi connectivity index (χ0v) is 7.60. The minimum atomic E-state index is -0.495. The van der Waals surface area contributed by atoms with Crippen molar-refractivity contribution >= 4 is 11.9 Å². The van der Waals surface area contributed by atoms with Gasteiger partial charge < -0.3 is 16.0 Å². The first-order valence-electron chi connectivity index (χ1n) is 3.87. The van der Waals surface area contributed by atoms with Gasteiger partial charge in [0.25, 0.3) is 0 Å². The molecule has 0 aliphatic heterocycles. The molecular formula is C7H15N3O2. The second-order valence-corrected chi connectivity index (χ2v) is 2.34. The van der Waals surface area contributed by atoms with Crippen LogP contribution in [-0.4, -0.2) is 31.6 Å². The normalized spacial score (nSPS) is 11.6. The second-order valence-electron chi connectivity index (χ2n) is 2.34. The summed E-state index contributed by atoms with van der Waals surface area (Å²) in [5, 5.41) is 7.41. The molecule has 0 aliphatic carbocycles. The van der Waals surface area contributed by atoms with E-state index in [2.05, 4.69) is 16.0 Å². The summed E-state index contributed by atoms with van der Waals surface area (Å²) in [5.74, 6) is -0.180. The van der Waals surface area contributed by atoms with Crippen molar-refractivity contribution in [1.82, 2.24) is 16.0 Å². The number of likely N-dealkylation sites (N-methyl/N-ethyl adjacent to an activating group) is 1. The summed E-state index contributed by atoms with van der Waals surface area (Å²) in [6.45, 7) is 4.02. The molecule has 0 aromatic carbocycles. The van der Waals surface area contributed by atoms with Gasteiger partial charge in [-0.15, -0.1) is 0 Å². The van der Waals surface area contributed by atoms with Crippen LogP contribution in [0.25, 0.3) is 0 Å². The fourth-order valence-corrected chi connectivity index (χ4v) is 0.662. The van der Waals surface area contributed by atoms with Gasteiger partial charge in [-0.2, -0.15) is 0 Å². The molecule has 1 atom stereocenters. The third-order valence-corrected chi connectivity index (χ3v) is 1.32. The molecule has 0 aliphatic rings. The quantitative estimate of drug-likeness (QED) is 0.535. The van der Waals surface area contributed by atoms with Crippen molar-refractivity contribution in [2.24, 2.45) is 0 Å². The predicted molar refractivity (Wildman–Crippen MR) is 45.7 cm³/mol. The predicted octanol–water partition coefficient (Wildman–Crippen LogP) is -0.560. The van der Waals surface area contributed by atoms with E-state index in [0.29, 0.717) is 6.54 Å². The monoisotopic (exact) mass is 173 g/mol. The number of hydrogen-bond acceptors (Lipinski definition) is 2. The summed E-state index contributed by atoms with van der Waals surface area (Å²) in [6.07, 6.45) is 0. The molecule has 0 saturated carbocycles. The van der Waals surface area contributed by atoms with E-state index in [4.69, 9.17) is 0 Å². The van der Waals surface area contributed by atoms with Gasteiger partial charge in [-0.1, -0.05) is 0 Å². The van der Waals surface area contributed by atoms with Crippen LogP contribution in [0.2, 0.25) is 0 Å². The van der Waals surface area contributed by atoms with E-state index in [-0.39, 0.29) is 11.9 Å². The molecule has 0 fully saturated rings. The van der Waals surface area contributed by atoms with Crippen molar-refractivity contribution in [3.63, 3.8) is 0 Å². The topological polar surface area (TPSA) is 70.2 Å². The van der Waals surface area contributed by atoms with Gasteiger partial charge in [0.15, 0.2) is 0 Å². The van der Waals surface area contributed by atoms with Crippen LogP contribution >= 0.6 is 0 Å². The Hall–Kier alpha value is -1.26. The molecule has 0 rings (SSSR count). The summed E-state index contributed by atoms with van der Waals surface area (Å²) in [7, 11) is 1.50. The highest BCUT2D eigenvalue weighted by Gasteiger charge is 2.12. The lowest BCUT2D eigenvalue weighted by atomic mass is 10.3. The van der Waals surface area contributed by atoms with Crippen LogP contribution in [0.1, 0.15) is 13.8 Å². The van der Waals surface area contributed by atoms with Crippen molar-refractivity contribution < 1.29 is 9.59 Å². The number of carbonyl (C=O) groups is 2. The first-order valence-corrected chi connectivity index (χ1v) is 3.87. The second kappa shape index (κ2) is 5.40. The number of hydrogen-bond donors (Lipinski definition) is 3. The Morgan fingerprint density at radius 1 is 1.42 bits per heavy atom. The van der Waals surface area contributed by atoms with Gasteiger partial charge in [0.1, 0.15) is 6.04 Å². The fourth-order valence-electron chi connectivity index (χ4n) is 0.662. The summed E-state index contributed by atoms with van der Waals surface area (Å²) in [6, 6.07) is -0.848. The number of nitrogens with one attached hydrogen (secondary N) is 3. The Morgan fingerprint density at radius 2 is 2.00 bits per heavy atom. The fraction of sp³-hybridized carbons (Fsp3) is 0.714. The minimum absolute atomic E-state index is 0.180. The van der Waals surface area contributed by atoms with Gasteiger partial charge in [0.2, 0.25) is 5.91 Å². The molecule has 0 bridgehead atoms. The Kier molecular flexibility index (Phi) is 4.83. The van der Waals surface area contributed by atoms with Crippen LogP contribution in [0, 0.1) is 0 Å². The van der Waals surface area contributed by atoms with Crippen LogP contribution in [0.5, 0.6) is 0 Å². The highest BCUT2D eigenvalue weighted by Crippen LogP contribution is 1.80. The van der Waals surface area contributed by atoms with Crippen molar-refractivity contribution in [2.75, 3.05) is 13.6 Å². The van der Waals surface area contributed by atoms with Crippen LogP contribution in [0.3, 0.4) is 0 Å². The van der Waals surface area contributed by atoms with Crippen LogP contribution in [-0.2, 0) is 4.79 Å². The van der Waals surface area contributed by atoms with Crippen LogP contribution < -0.4 is 16.0 Å². The summed E-state index contributed by atoms with van der Waals surface area (Å²) in [4.78, 5) is 21.8. The summed E-state index contributed by atoms with van der Waals surface area (Å²) < 4.78 is 0. The van der Waals surface area contributed by atoms with Gasteiger partial charge >= 0.3 is 6.03 Å². The van der Waals surface area contributed by atoms with Crippen LogP contribution in [0.4, 0.5) is 4.79 Å². The molecule has 12 heavy (non-hydrogen) atoms. The third kappa shape index (κ3) is 3.80. The Labute approximate surface area is 71.9 Å². The molecule has 5 heteroatoms. The van der Waals surface area contributed by atoms with Gasteiger partial charge in [0, 0.05) is 13.6 Å². The molecule has 0 aromatic rings. The molecule has 0 aromatic heterocycles. The molecule has 0 radical (unpaired) electrons. The van der Waals surface area contributed by atoms with E-state index in [9.17, 15) is 9.59 Å². The standard InChI is InChI=1S/C7H15N3O2/c1-4-9-6(11)5(2)10-7(12)8-3/h5H,4H2,1-3H3,(H,9,11)(H2,8,10,12). The molecule has 0 heterocycles. The average molecular weight is 173 g/mol. The number of carbonyl (C=O) groups excluding carboxylic acids is 2. The van der Waals surface area contributed by atoms with E-state index in [1.54, 1.807) is 6.92 Å². The molecule has 70 valence electrons.